The van der Waals surface area contributed by atoms with Gasteiger partial charge in [0, 0.05) is 18.2 Å². The Bertz CT molecular complexity index is 1030. The summed E-state index contributed by atoms with van der Waals surface area (Å²) >= 11 is 12.1. The molecule has 0 atom stereocenters. The van der Waals surface area contributed by atoms with Crippen LogP contribution in [0.5, 0.6) is 5.75 Å². The lowest BCUT2D eigenvalue weighted by molar-refractivity contribution is -0.153. The molecule has 3 rings (SSSR count). The van der Waals surface area contributed by atoms with Gasteiger partial charge in [0.15, 0.2) is 18.2 Å². The van der Waals surface area contributed by atoms with Crippen molar-refractivity contribution in [1.82, 2.24) is 20.2 Å². The van der Waals surface area contributed by atoms with Gasteiger partial charge in [-0.15, -0.1) is 0 Å². The molecule has 1 aromatic heterocycles. The highest BCUT2D eigenvalue weighted by atomic mass is 35.5. The summed E-state index contributed by atoms with van der Waals surface area (Å²) < 4.78 is 70.0. The van der Waals surface area contributed by atoms with Gasteiger partial charge in [0.25, 0.3) is 0 Å². The Morgan fingerprint density at radius 1 is 1.10 bits per heavy atom. The summed E-state index contributed by atoms with van der Waals surface area (Å²) in [5.74, 6) is -3.05. The van der Waals surface area contributed by atoms with Crippen molar-refractivity contribution in [2.24, 2.45) is 0 Å². The minimum atomic E-state index is -4.65. The van der Waals surface area contributed by atoms with E-state index in [2.05, 4.69) is 25.6 Å². The van der Waals surface area contributed by atoms with E-state index in [1.54, 1.807) is 18.2 Å². The number of nitrogens with one attached hydrogen (secondary N) is 1. The summed E-state index contributed by atoms with van der Waals surface area (Å²) in [6.45, 7) is -1.94. The van der Waals surface area contributed by atoms with Crippen molar-refractivity contribution < 1.29 is 26.7 Å². The van der Waals surface area contributed by atoms with Crippen molar-refractivity contribution >= 4 is 29.2 Å². The van der Waals surface area contributed by atoms with Crippen LogP contribution in [-0.2, 0) is 6.54 Å². The standard InChI is InChI=1S/C16H10Cl2F5N5O/c17-9-2-1-3-12(14(9)18)28-15(25-26-27-28)24-6-8-4-10(19)11(20)5-13(8)29-7-16(21,22)23/h1-5H,6-7H2,(H,24,25,27). The molecule has 29 heavy (non-hydrogen) atoms. The van der Waals surface area contributed by atoms with Crippen LogP contribution in [0.1, 0.15) is 5.56 Å². The fraction of sp³-hybridized carbons (Fsp3) is 0.188. The molecular formula is C16H10Cl2F5N5O. The van der Waals surface area contributed by atoms with Crippen molar-refractivity contribution in [1.29, 1.82) is 0 Å². The molecule has 0 radical (unpaired) electrons. The maximum atomic E-state index is 13.6. The second-order valence-electron chi connectivity index (χ2n) is 5.62. The monoisotopic (exact) mass is 453 g/mol. The van der Waals surface area contributed by atoms with Crippen molar-refractivity contribution in [3.05, 3.63) is 57.6 Å². The third kappa shape index (κ3) is 5.04. The number of tetrazole rings is 1. The third-order valence-electron chi connectivity index (χ3n) is 3.56. The average molecular weight is 454 g/mol. The van der Waals surface area contributed by atoms with Crippen molar-refractivity contribution in [3.8, 4) is 11.4 Å². The molecule has 0 unspecified atom stereocenters. The molecule has 0 amide bonds. The van der Waals surface area contributed by atoms with Crippen LogP contribution in [0.2, 0.25) is 10.0 Å². The first kappa shape index (κ1) is 21.1. The largest absolute Gasteiger partial charge is 0.484 e. The predicted octanol–water partition coefficient (Wildman–Crippen LogP) is 4.80. The number of hydrogen-bond acceptors (Lipinski definition) is 5. The van der Waals surface area contributed by atoms with Crippen LogP contribution in [0.25, 0.3) is 5.69 Å². The summed E-state index contributed by atoms with van der Waals surface area (Å²) in [5, 5.41) is 14.1. The fourth-order valence-corrected chi connectivity index (χ4v) is 2.67. The average Bonchev–Trinajstić information content (AvgIpc) is 3.11. The van der Waals surface area contributed by atoms with E-state index in [-0.39, 0.29) is 28.1 Å². The zero-order chi connectivity index (χ0) is 21.2. The second-order valence-corrected chi connectivity index (χ2v) is 6.40. The Labute approximate surface area is 170 Å². The first-order valence-electron chi connectivity index (χ1n) is 7.80. The Balaban J connectivity index is 1.85. The van der Waals surface area contributed by atoms with Gasteiger partial charge < -0.3 is 10.1 Å². The Morgan fingerprint density at radius 2 is 1.83 bits per heavy atom. The molecular weight excluding hydrogens is 444 g/mol. The molecule has 0 spiro atoms. The molecule has 2 aromatic carbocycles. The van der Waals surface area contributed by atoms with E-state index in [1.165, 1.54) is 4.68 Å². The van der Waals surface area contributed by atoms with Gasteiger partial charge in [-0.25, -0.2) is 8.78 Å². The van der Waals surface area contributed by atoms with Gasteiger partial charge in [-0.05, 0) is 28.6 Å². The molecule has 6 nitrogen and oxygen atoms in total. The number of alkyl halides is 3. The van der Waals surface area contributed by atoms with Crippen LogP contribution in [0.15, 0.2) is 30.3 Å². The molecule has 0 aliphatic carbocycles. The van der Waals surface area contributed by atoms with E-state index >= 15 is 0 Å². The molecule has 154 valence electrons. The molecule has 0 bridgehead atoms. The first-order chi connectivity index (χ1) is 13.7. The number of ether oxygens (including phenoxy) is 1. The van der Waals surface area contributed by atoms with Gasteiger partial charge in [-0.1, -0.05) is 34.4 Å². The zero-order valence-corrected chi connectivity index (χ0v) is 15.7. The topological polar surface area (TPSA) is 64.9 Å². The van der Waals surface area contributed by atoms with Gasteiger partial charge in [-0.2, -0.15) is 17.9 Å². The van der Waals surface area contributed by atoms with Crippen molar-refractivity contribution in [3.63, 3.8) is 0 Å². The molecule has 0 saturated carbocycles. The number of nitrogens with zero attached hydrogens (tertiary/aromatic N) is 4. The molecule has 1 N–H and O–H groups in total. The summed E-state index contributed by atoms with van der Waals surface area (Å²) in [6.07, 6.45) is -4.65. The highest BCUT2D eigenvalue weighted by Gasteiger charge is 2.29. The fourth-order valence-electron chi connectivity index (χ4n) is 2.29. The summed E-state index contributed by atoms with van der Waals surface area (Å²) in [6, 6.07) is 5.98. The lowest BCUT2D eigenvalue weighted by atomic mass is 10.2. The number of anilines is 1. The molecule has 3 aromatic rings. The summed E-state index contributed by atoms with van der Waals surface area (Å²) in [5.41, 5.74) is 0.241. The van der Waals surface area contributed by atoms with E-state index in [1.807, 2.05) is 0 Å². The van der Waals surface area contributed by atoms with Crippen LogP contribution in [0, 0.1) is 11.6 Å². The Morgan fingerprint density at radius 3 is 2.55 bits per heavy atom. The lowest BCUT2D eigenvalue weighted by Gasteiger charge is -2.14. The van der Waals surface area contributed by atoms with Gasteiger partial charge >= 0.3 is 6.18 Å². The number of benzene rings is 2. The highest BCUT2D eigenvalue weighted by molar-refractivity contribution is 6.43. The maximum absolute atomic E-state index is 13.6. The van der Waals surface area contributed by atoms with Gasteiger partial charge in [0.1, 0.15) is 5.75 Å². The molecule has 1 heterocycles. The highest BCUT2D eigenvalue weighted by Crippen LogP contribution is 2.30. The molecule has 13 heteroatoms. The van der Waals surface area contributed by atoms with Crippen LogP contribution < -0.4 is 10.1 Å². The SMILES string of the molecule is Fc1cc(CNc2nnnn2-c2cccc(Cl)c2Cl)c(OCC(F)(F)F)cc1F. The minimum Gasteiger partial charge on any atom is -0.484 e. The van der Waals surface area contributed by atoms with Crippen LogP contribution in [0.4, 0.5) is 27.9 Å². The molecule has 0 aliphatic heterocycles. The number of rotatable bonds is 6. The van der Waals surface area contributed by atoms with Crippen molar-refractivity contribution in [2.45, 2.75) is 12.7 Å². The van der Waals surface area contributed by atoms with Gasteiger partial charge in [0.05, 0.1) is 15.7 Å². The quantitative estimate of drug-likeness (QED) is 0.543. The normalized spacial score (nSPS) is 11.6. The molecule has 0 saturated heterocycles. The van der Waals surface area contributed by atoms with Crippen molar-refractivity contribution in [2.75, 3.05) is 11.9 Å². The third-order valence-corrected chi connectivity index (χ3v) is 4.37. The Hall–Kier alpha value is -2.66. The Kier molecular flexibility index (Phi) is 6.08. The van der Waals surface area contributed by atoms with Crippen LogP contribution >= 0.6 is 23.2 Å². The van der Waals surface area contributed by atoms with E-state index in [9.17, 15) is 22.0 Å². The molecule has 0 aliphatic rings. The van der Waals surface area contributed by atoms with Crippen LogP contribution in [-0.4, -0.2) is 33.0 Å². The first-order valence-corrected chi connectivity index (χ1v) is 8.55. The maximum Gasteiger partial charge on any atom is 0.422 e. The van der Waals surface area contributed by atoms with E-state index < -0.39 is 30.2 Å². The smallest absolute Gasteiger partial charge is 0.422 e. The summed E-state index contributed by atoms with van der Waals surface area (Å²) in [7, 11) is 0. The number of halogens is 7. The van der Waals surface area contributed by atoms with Gasteiger partial charge in [-0.3, -0.25) is 0 Å². The van der Waals surface area contributed by atoms with Crippen LogP contribution in [0.3, 0.4) is 0 Å². The minimum absolute atomic E-state index is 0.0284. The molecule has 0 fully saturated rings. The number of aromatic nitrogens is 4. The zero-order valence-electron chi connectivity index (χ0n) is 14.1. The second kappa shape index (κ2) is 8.37. The van der Waals surface area contributed by atoms with E-state index in [0.717, 1.165) is 0 Å². The number of hydrogen-bond donors (Lipinski definition) is 1. The van der Waals surface area contributed by atoms with E-state index in [0.29, 0.717) is 17.8 Å². The lowest BCUT2D eigenvalue weighted by Crippen LogP contribution is -2.20. The predicted molar refractivity (Wildman–Crippen MR) is 94.4 cm³/mol. The van der Waals surface area contributed by atoms with E-state index in [4.69, 9.17) is 23.2 Å². The van der Waals surface area contributed by atoms with Gasteiger partial charge in [0.2, 0.25) is 5.95 Å². The summed E-state index contributed by atoms with van der Waals surface area (Å²) in [4.78, 5) is 0.